The monoisotopic (exact) mass is 419 g/mol. The Morgan fingerprint density at radius 2 is 1.83 bits per heavy atom. The molecule has 3 aromatic rings. The van der Waals surface area contributed by atoms with E-state index in [0.717, 1.165) is 21.3 Å². The first-order chi connectivity index (χ1) is 13.7. The number of halogens is 2. The SMILES string of the molecule is Cc1sc2ncn(CC3(O)CCN(Cc4cc(F)cc(F)c4)CC3)c(=O)c2c1C. The Balaban J connectivity index is 1.46. The summed E-state index contributed by atoms with van der Waals surface area (Å²) in [6.45, 7) is 5.66. The second-order valence-electron chi connectivity index (χ2n) is 7.92. The lowest BCUT2D eigenvalue weighted by Gasteiger charge is -2.38. The number of benzene rings is 1. The molecule has 0 amide bonds. The van der Waals surface area contributed by atoms with E-state index in [2.05, 4.69) is 9.88 Å². The van der Waals surface area contributed by atoms with Crippen LogP contribution in [0.2, 0.25) is 0 Å². The van der Waals surface area contributed by atoms with Gasteiger partial charge in [0.25, 0.3) is 5.56 Å². The zero-order valence-electron chi connectivity index (χ0n) is 16.4. The summed E-state index contributed by atoms with van der Waals surface area (Å²) in [6, 6.07) is 3.52. The highest BCUT2D eigenvalue weighted by Gasteiger charge is 2.33. The van der Waals surface area contributed by atoms with Crippen LogP contribution in [0.15, 0.2) is 29.3 Å². The Morgan fingerprint density at radius 3 is 2.48 bits per heavy atom. The molecule has 1 aromatic carbocycles. The molecule has 0 atom stereocenters. The van der Waals surface area contributed by atoms with Gasteiger partial charge in [-0.2, -0.15) is 0 Å². The predicted octanol–water partition coefficient (Wildman–Crippen LogP) is 3.38. The Bertz CT molecular complexity index is 1100. The average molecular weight is 419 g/mol. The number of aryl methyl sites for hydroxylation is 2. The minimum Gasteiger partial charge on any atom is -0.388 e. The Hall–Kier alpha value is -2.16. The summed E-state index contributed by atoms with van der Waals surface area (Å²) in [4.78, 5) is 21.1. The molecule has 0 aliphatic carbocycles. The second kappa shape index (κ2) is 7.59. The standard InChI is InChI=1S/C21H23F2N3O2S/c1-13-14(2)29-19-18(13)20(27)26(12-24-19)11-21(28)3-5-25(6-4-21)10-15-7-16(22)9-17(23)8-15/h7-9,12,28H,3-6,10-11H2,1-2H3. The Labute approximate surface area is 171 Å². The third-order valence-corrected chi connectivity index (χ3v) is 6.85. The molecule has 0 saturated carbocycles. The maximum absolute atomic E-state index is 13.4. The topological polar surface area (TPSA) is 58.4 Å². The highest BCUT2D eigenvalue weighted by Crippen LogP contribution is 2.28. The molecule has 1 fully saturated rings. The van der Waals surface area contributed by atoms with E-state index < -0.39 is 17.2 Å². The van der Waals surface area contributed by atoms with Crippen molar-refractivity contribution in [3.05, 3.63) is 62.5 Å². The number of fused-ring (bicyclic) bond motifs is 1. The van der Waals surface area contributed by atoms with Crippen molar-refractivity contribution in [2.75, 3.05) is 13.1 Å². The number of hydrogen-bond acceptors (Lipinski definition) is 5. The van der Waals surface area contributed by atoms with E-state index in [1.165, 1.54) is 34.4 Å². The maximum Gasteiger partial charge on any atom is 0.262 e. The van der Waals surface area contributed by atoms with Crippen LogP contribution in [0.5, 0.6) is 0 Å². The molecule has 8 heteroatoms. The zero-order chi connectivity index (χ0) is 20.8. The lowest BCUT2D eigenvalue weighted by atomic mass is 9.91. The van der Waals surface area contributed by atoms with Crippen LogP contribution in [-0.2, 0) is 13.1 Å². The molecule has 4 rings (SSSR count). The van der Waals surface area contributed by atoms with Gasteiger partial charge in [-0.15, -0.1) is 11.3 Å². The number of piperidine rings is 1. The molecule has 5 nitrogen and oxygen atoms in total. The molecule has 0 spiro atoms. The molecule has 3 heterocycles. The van der Waals surface area contributed by atoms with Gasteiger partial charge in [0.05, 0.1) is 23.9 Å². The second-order valence-corrected chi connectivity index (χ2v) is 9.12. The molecule has 1 aliphatic heterocycles. The quantitative estimate of drug-likeness (QED) is 0.704. The summed E-state index contributed by atoms with van der Waals surface area (Å²) in [5.41, 5.74) is 0.382. The van der Waals surface area contributed by atoms with Gasteiger partial charge < -0.3 is 5.11 Å². The van der Waals surface area contributed by atoms with Gasteiger partial charge in [0.2, 0.25) is 0 Å². The largest absolute Gasteiger partial charge is 0.388 e. The van der Waals surface area contributed by atoms with Crippen LogP contribution in [0.3, 0.4) is 0 Å². The van der Waals surface area contributed by atoms with Crippen molar-refractivity contribution in [3.8, 4) is 0 Å². The number of rotatable bonds is 4. The highest BCUT2D eigenvalue weighted by molar-refractivity contribution is 7.18. The molecule has 154 valence electrons. The summed E-state index contributed by atoms with van der Waals surface area (Å²) in [5.74, 6) is -1.18. The van der Waals surface area contributed by atoms with E-state index >= 15 is 0 Å². The van der Waals surface area contributed by atoms with Crippen molar-refractivity contribution in [2.45, 2.75) is 45.4 Å². The third-order valence-electron chi connectivity index (χ3n) is 5.74. The van der Waals surface area contributed by atoms with E-state index in [9.17, 15) is 18.7 Å². The molecule has 29 heavy (non-hydrogen) atoms. The van der Waals surface area contributed by atoms with Gasteiger partial charge in [-0.25, -0.2) is 13.8 Å². The summed E-state index contributed by atoms with van der Waals surface area (Å²) in [6.07, 6.45) is 2.45. The highest BCUT2D eigenvalue weighted by atomic mass is 32.1. The van der Waals surface area contributed by atoms with Crippen LogP contribution in [-0.4, -0.2) is 38.2 Å². The van der Waals surface area contributed by atoms with E-state index in [1.54, 1.807) is 0 Å². The first-order valence-corrected chi connectivity index (χ1v) is 10.4. The minimum atomic E-state index is -1.01. The van der Waals surface area contributed by atoms with Crippen LogP contribution in [0, 0.1) is 25.5 Å². The molecular formula is C21H23F2N3O2S. The number of aliphatic hydroxyl groups is 1. The number of nitrogens with zero attached hydrogens (tertiary/aromatic N) is 3. The zero-order valence-corrected chi connectivity index (χ0v) is 17.2. The fraction of sp³-hybridized carbons (Fsp3) is 0.429. The number of likely N-dealkylation sites (tertiary alicyclic amines) is 1. The van der Waals surface area contributed by atoms with E-state index in [1.807, 2.05) is 13.8 Å². The summed E-state index contributed by atoms with van der Waals surface area (Å²) >= 11 is 1.50. The fourth-order valence-corrected chi connectivity index (χ4v) is 4.93. The van der Waals surface area contributed by atoms with E-state index in [-0.39, 0.29) is 12.1 Å². The molecule has 1 saturated heterocycles. The molecule has 0 radical (unpaired) electrons. The van der Waals surface area contributed by atoms with Gasteiger partial charge in [0.15, 0.2) is 0 Å². The normalized spacial score (nSPS) is 17.1. The van der Waals surface area contributed by atoms with Crippen molar-refractivity contribution < 1.29 is 13.9 Å². The summed E-state index contributed by atoms with van der Waals surface area (Å²) in [5, 5.41) is 11.7. The lowest BCUT2D eigenvalue weighted by molar-refractivity contribution is -0.0365. The van der Waals surface area contributed by atoms with Crippen molar-refractivity contribution in [1.82, 2.24) is 14.5 Å². The first kappa shape index (κ1) is 20.1. The molecule has 1 N–H and O–H groups in total. The minimum absolute atomic E-state index is 0.122. The van der Waals surface area contributed by atoms with Crippen molar-refractivity contribution in [1.29, 1.82) is 0 Å². The Morgan fingerprint density at radius 1 is 1.17 bits per heavy atom. The average Bonchev–Trinajstić information content (AvgIpc) is 2.94. The predicted molar refractivity (Wildman–Crippen MR) is 109 cm³/mol. The molecule has 1 aliphatic rings. The lowest BCUT2D eigenvalue weighted by Crippen LogP contribution is -2.47. The van der Waals surface area contributed by atoms with Crippen LogP contribution < -0.4 is 5.56 Å². The summed E-state index contributed by atoms with van der Waals surface area (Å²) in [7, 11) is 0. The van der Waals surface area contributed by atoms with Gasteiger partial charge in [-0.05, 0) is 49.9 Å². The fourth-order valence-electron chi connectivity index (χ4n) is 3.95. The van der Waals surface area contributed by atoms with Crippen molar-refractivity contribution in [2.24, 2.45) is 0 Å². The van der Waals surface area contributed by atoms with Gasteiger partial charge in [0.1, 0.15) is 16.5 Å². The van der Waals surface area contributed by atoms with Crippen molar-refractivity contribution >= 4 is 21.6 Å². The van der Waals surface area contributed by atoms with Gasteiger partial charge >= 0.3 is 0 Å². The smallest absolute Gasteiger partial charge is 0.262 e. The molecular weight excluding hydrogens is 396 g/mol. The van der Waals surface area contributed by atoms with Crippen LogP contribution >= 0.6 is 11.3 Å². The Kier molecular flexibility index (Phi) is 5.27. The summed E-state index contributed by atoms with van der Waals surface area (Å²) < 4.78 is 28.3. The maximum atomic E-state index is 13.4. The van der Waals surface area contributed by atoms with Crippen molar-refractivity contribution in [3.63, 3.8) is 0 Å². The molecule has 0 bridgehead atoms. The number of hydrogen-bond donors (Lipinski definition) is 1. The van der Waals surface area contributed by atoms with Crippen LogP contribution in [0.4, 0.5) is 8.78 Å². The van der Waals surface area contributed by atoms with Gasteiger partial charge in [0, 0.05) is 30.6 Å². The van der Waals surface area contributed by atoms with E-state index in [4.69, 9.17) is 0 Å². The molecule has 0 unspecified atom stereocenters. The van der Waals surface area contributed by atoms with Crippen LogP contribution in [0.1, 0.15) is 28.8 Å². The number of aromatic nitrogens is 2. The van der Waals surface area contributed by atoms with Gasteiger partial charge in [-0.3, -0.25) is 14.3 Å². The van der Waals surface area contributed by atoms with Gasteiger partial charge in [-0.1, -0.05) is 0 Å². The van der Waals surface area contributed by atoms with E-state index in [0.29, 0.717) is 43.4 Å². The molecule has 2 aromatic heterocycles. The van der Waals surface area contributed by atoms with Crippen LogP contribution in [0.25, 0.3) is 10.2 Å². The first-order valence-electron chi connectivity index (χ1n) is 9.59. The third kappa shape index (κ3) is 4.10. The number of thiophene rings is 1.